The van der Waals surface area contributed by atoms with Crippen molar-refractivity contribution in [2.75, 3.05) is 49.4 Å². The molecular formula is C27H41F4N7O7P+. The highest BCUT2D eigenvalue weighted by atomic mass is 31.2. The molecule has 2 aliphatic rings. The maximum atomic E-state index is 14.3. The molecule has 46 heavy (non-hydrogen) atoms. The summed E-state index contributed by atoms with van der Waals surface area (Å²) in [5, 5.41) is 17.0. The molecule has 6 N–H and O–H groups in total. The second-order valence-corrected chi connectivity index (χ2v) is 12.3. The first-order chi connectivity index (χ1) is 21.6. The number of rotatable bonds is 12. The summed E-state index contributed by atoms with van der Waals surface area (Å²) in [5.74, 6) is -2.06. The Morgan fingerprint density at radius 3 is 2.24 bits per heavy atom. The van der Waals surface area contributed by atoms with Gasteiger partial charge in [0.15, 0.2) is 18.3 Å². The van der Waals surface area contributed by atoms with E-state index in [4.69, 9.17) is 19.2 Å². The van der Waals surface area contributed by atoms with Crippen molar-refractivity contribution in [2.45, 2.75) is 76.6 Å². The number of ether oxygens (including phenoxy) is 1. The van der Waals surface area contributed by atoms with Crippen molar-refractivity contribution < 1.29 is 55.6 Å². The summed E-state index contributed by atoms with van der Waals surface area (Å²) in [4.78, 5) is 41.1. The van der Waals surface area contributed by atoms with Crippen molar-refractivity contribution in [3.8, 4) is 5.75 Å². The first kappa shape index (κ1) is 37.2. The number of halogens is 4. The van der Waals surface area contributed by atoms with Gasteiger partial charge in [-0.2, -0.15) is 28.1 Å². The van der Waals surface area contributed by atoms with Crippen LogP contribution in [0.1, 0.15) is 58.3 Å². The number of anilines is 4. The average Bonchev–Trinajstić information content (AvgIpc) is 3.21. The molecular weight excluding hydrogens is 641 g/mol. The Labute approximate surface area is 263 Å². The van der Waals surface area contributed by atoms with Gasteiger partial charge >= 0.3 is 20.0 Å². The van der Waals surface area contributed by atoms with E-state index in [1.54, 1.807) is 6.07 Å². The van der Waals surface area contributed by atoms with Crippen LogP contribution in [0.2, 0.25) is 0 Å². The van der Waals surface area contributed by atoms with Crippen LogP contribution >= 0.6 is 7.82 Å². The van der Waals surface area contributed by atoms with Crippen molar-refractivity contribution in [1.82, 2.24) is 15.0 Å². The molecule has 1 saturated heterocycles. The van der Waals surface area contributed by atoms with E-state index in [9.17, 15) is 31.9 Å². The van der Waals surface area contributed by atoms with Crippen LogP contribution in [0, 0.1) is 5.82 Å². The number of phosphoric ester groups is 1. The third kappa shape index (κ3) is 11.5. The lowest BCUT2D eigenvalue weighted by atomic mass is 10.1. The Morgan fingerprint density at radius 2 is 1.67 bits per heavy atom. The number of carboxylic acid groups (broad SMARTS) is 1. The highest BCUT2D eigenvalue weighted by Gasteiger charge is 2.42. The minimum absolute atomic E-state index is 0.0590. The second-order valence-electron chi connectivity index (χ2n) is 11.1. The quantitative estimate of drug-likeness (QED) is 0.0760. The molecule has 1 aromatic carbocycles. The fourth-order valence-corrected chi connectivity index (χ4v) is 5.91. The molecule has 258 valence electrons. The lowest BCUT2D eigenvalue weighted by molar-refractivity contribution is -0.950. The van der Waals surface area contributed by atoms with Crippen molar-refractivity contribution in [2.24, 2.45) is 0 Å². The number of aromatic nitrogens is 3. The molecule has 1 aromatic heterocycles. The first-order valence-electron chi connectivity index (χ1n) is 14.9. The van der Waals surface area contributed by atoms with Crippen LogP contribution in [-0.4, -0.2) is 92.0 Å². The van der Waals surface area contributed by atoms with E-state index in [2.05, 4.69) is 30.9 Å². The maximum Gasteiger partial charge on any atom is 0.490 e. The summed E-state index contributed by atoms with van der Waals surface area (Å²) in [7, 11) is -3.16. The molecule has 0 radical (unpaired) electrons. The predicted octanol–water partition coefficient (Wildman–Crippen LogP) is 5.01. The molecule has 14 nitrogen and oxygen atoms in total. The van der Waals surface area contributed by atoms with Crippen LogP contribution in [0.4, 0.5) is 41.1 Å². The lowest BCUT2D eigenvalue weighted by Gasteiger charge is -2.38. The smallest absolute Gasteiger partial charge is 0.490 e. The molecule has 2 aromatic rings. The number of likely N-dealkylation sites (N-methyl/N-ethyl adjacent to an activating group) is 1. The van der Waals surface area contributed by atoms with Gasteiger partial charge in [0.2, 0.25) is 17.8 Å². The lowest BCUT2D eigenvalue weighted by Crippen LogP contribution is -2.55. The highest BCUT2D eigenvalue weighted by molar-refractivity contribution is 7.46. The van der Waals surface area contributed by atoms with E-state index >= 15 is 0 Å². The van der Waals surface area contributed by atoms with E-state index in [0.717, 1.165) is 45.1 Å². The number of hydrogen-bond donors (Lipinski definition) is 6. The number of methoxy groups -OCH3 is 1. The van der Waals surface area contributed by atoms with Gasteiger partial charge < -0.3 is 35.6 Å². The van der Waals surface area contributed by atoms with Crippen LogP contribution in [0.15, 0.2) is 18.2 Å². The minimum atomic E-state index is -5.08. The molecule has 1 saturated carbocycles. The molecule has 2 unspecified atom stereocenters. The third-order valence-corrected chi connectivity index (χ3v) is 8.45. The average molecular weight is 683 g/mol. The minimum Gasteiger partial charge on any atom is -0.494 e. The zero-order chi connectivity index (χ0) is 34.0. The number of carbonyl (C=O) groups is 1. The van der Waals surface area contributed by atoms with Crippen molar-refractivity contribution in [3.63, 3.8) is 0 Å². The van der Waals surface area contributed by atoms with E-state index in [1.807, 2.05) is 6.92 Å². The Morgan fingerprint density at radius 1 is 1.04 bits per heavy atom. The number of carboxylic acids is 1. The number of aliphatic carboxylic acids is 1. The number of benzene rings is 1. The van der Waals surface area contributed by atoms with Gasteiger partial charge in [0.1, 0.15) is 6.04 Å². The molecule has 0 spiro atoms. The van der Waals surface area contributed by atoms with Crippen LogP contribution in [0.3, 0.4) is 0 Å². The molecule has 0 amide bonds. The van der Waals surface area contributed by atoms with E-state index in [1.165, 1.54) is 32.1 Å². The normalized spacial score (nSPS) is 20.7. The fraction of sp³-hybridized carbons (Fsp3) is 0.630. The van der Waals surface area contributed by atoms with Crippen molar-refractivity contribution in [1.29, 1.82) is 0 Å². The summed E-state index contributed by atoms with van der Waals surface area (Å²) in [6, 6.07) is 4.86. The van der Waals surface area contributed by atoms with Crippen LogP contribution in [-0.2, 0) is 13.9 Å². The summed E-state index contributed by atoms with van der Waals surface area (Å²) in [6.45, 7) is 3.86. The number of alkyl halides is 3. The van der Waals surface area contributed by atoms with Crippen LogP contribution in [0.5, 0.6) is 5.75 Å². The summed E-state index contributed by atoms with van der Waals surface area (Å²) in [6.07, 6.45) is 3.55. The number of quaternary nitrogens is 1. The second kappa shape index (κ2) is 16.5. The zero-order valence-electron chi connectivity index (χ0n) is 25.6. The van der Waals surface area contributed by atoms with Crippen LogP contribution in [0.25, 0.3) is 0 Å². The van der Waals surface area contributed by atoms with Gasteiger partial charge in [0.05, 0.1) is 26.7 Å². The molecule has 2 fully saturated rings. The third-order valence-electron chi connectivity index (χ3n) is 8.00. The Balaban J connectivity index is 0.000000738. The molecule has 2 heterocycles. The largest absolute Gasteiger partial charge is 0.494 e. The Hall–Kier alpha value is -3.31. The number of likely N-dealkylation sites (tertiary alicyclic amines) is 1. The van der Waals surface area contributed by atoms with Crippen LogP contribution < -0.4 is 20.7 Å². The molecule has 2 atom stereocenters. The monoisotopic (exact) mass is 682 g/mol. The van der Waals surface area contributed by atoms with Gasteiger partial charge in [-0.15, -0.1) is 0 Å². The molecule has 0 bridgehead atoms. The summed E-state index contributed by atoms with van der Waals surface area (Å²) in [5.41, 5.74) is 0.470. The van der Waals surface area contributed by atoms with Gasteiger partial charge in [0, 0.05) is 30.6 Å². The maximum absolute atomic E-state index is 14.3. The standard InChI is InChI=1S/C25H39FN7O5P.C2HF3O2/c1-3-33(17-38-39(34,35)36)14-8-11-20(33)16-27-23-30-24(28-18-9-6-4-5-7-10-18)32-25(31-23)29-19-12-13-22(37-2)21(26)15-19;3-2(4,5)1(6)7/h12-13,15,18,20H,3-11,14,16-17H2,1-2H3,(H4-,27,28,29,30,31,32,34,35,36);(H,6,7)/p+1. The number of nitrogens with zero attached hydrogens (tertiary/aromatic N) is 4. The Kier molecular flexibility index (Phi) is 13.3. The summed E-state index contributed by atoms with van der Waals surface area (Å²) < 4.78 is 67.8. The number of nitrogens with one attached hydrogen (secondary N) is 3. The van der Waals surface area contributed by atoms with Gasteiger partial charge in [-0.1, -0.05) is 25.7 Å². The van der Waals surface area contributed by atoms with Gasteiger partial charge in [-0.25, -0.2) is 18.3 Å². The fourth-order valence-electron chi connectivity index (χ4n) is 5.53. The van der Waals surface area contributed by atoms with E-state index < -0.39 is 25.8 Å². The predicted molar refractivity (Wildman–Crippen MR) is 160 cm³/mol. The Bertz CT molecular complexity index is 1350. The van der Waals surface area contributed by atoms with Gasteiger partial charge in [0.25, 0.3) is 0 Å². The molecule has 1 aliphatic carbocycles. The first-order valence-corrected chi connectivity index (χ1v) is 16.4. The van der Waals surface area contributed by atoms with Gasteiger partial charge in [-0.3, -0.25) is 4.48 Å². The van der Waals surface area contributed by atoms with E-state index in [-0.39, 0.29) is 30.5 Å². The topological polar surface area (TPSA) is 188 Å². The van der Waals surface area contributed by atoms with Crippen molar-refractivity contribution >= 4 is 37.3 Å². The van der Waals surface area contributed by atoms with Crippen molar-refractivity contribution in [3.05, 3.63) is 24.0 Å². The van der Waals surface area contributed by atoms with Gasteiger partial charge in [-0.05, 0) is 31.9 Å². The molecule has 19 heteroatoms. The number of hydrogen-bond acceptors (Lipinski definition) is 10. The summed E-state index contributed by atoms with van der Waals surface area (Å²) >= 11 is 0. The molecule has 1 aliphatic heterocycles. The number of phosphoric acid groups is 1. The molecule has 4 rings (SSSR count). The zero-order valence-corrected chi connectivity index (χ0v) is 26.5. The SMILES string of the molecule is CC[N+]1(COP(=O)(O)O)CCCC1CNc1nc(Nc2ccc(OC)c(F)c2)nc(NC2CCCCCC2)n1.O=C(O)C(F)(F)F. The van der Waals surface area contributed by atoms with E-state index in [0.29, 0.717) is 35.2 Å². The highest BCUT2D eigenvalue weighted by Crippen LogP contribution is 2.39.